The molecule has 8 nitrogen and oxygen atoms in total. The molecule has 1 atom stereocenters. The normalized spacial score (nSPS) is 18.8. The van der Waals surface area contributed by atoms with Crippen LogP contribution in [0, 0.1) is 5.92 Å². The third kappa shape index (κ3) is 3.50. The number of nitrogens with one attached hydrogen (secondary N) is 1. The van der Waals surface area contributed by atoms with Gasteiger partial charge in [-0.1, -0.05) is 0 Å². The van der Waals surface area contributed by atoms with Crippen molar-refractivity contribution in [2.24, 2.45) is 13.0 Å². The summed E-state index contributed by atoms with van der Waals surface area (Å²) in [7, 11) is -1.52. The van der Waals surface area contributed by atoms with Crippen LogP contribution in [0.1, 0.15) is 29.0 Å². The predicted molar refractivity (Wildman–Crippen MR) is 87.2 cm³/mol. The number of piperidine rings is 1. The molecule has 1 saturated heterocycles. The molecule has 0 radical (unpaired) electrons. The molecule has 3 rings (SSSR count). The standard InChI is InChI=1S/C15H21N5O3S/c1-19-7-5-12(18-19)15(21)20-6-3-4-11(10-20)8-13-14(9-16-17-13)24(2,22)23/h5,7,9,11H,3-4,6,8,10H2,1-2H3,(H,16,17). The first-order valence-corrected chi connectivity index (χ1v) is 9.75. The Balaban J connectivity index is 1.70. The van der Waals surface area contributed by atoms with Gasteiger partial charge in [0.05, 0.1) is 11.9 Å². The molecular weight excluding hydrogens is 330 g/mol. The van der Waals surface area contributed by atoms with Gasteiger partial charge in [0.1, 0.15) is 10.6 Å². The molecule has 1 unspecified atom stereocenters. The van der Waals surface area contributed by atoms with Gasteiger partial charge in [0.15, 0.2) is 9.84 Å². The quantitative estimate of drug-likeness (QED) is 0.871. The minimum absolute atomic E-state index is 0.0757. The second kappa shape index (κ2) is 6.39. The SMILES string of the molecule is Cn1ccc(C(=O)N2CCCC(Cc3[nH]ncc3S(C)(=O)=O)C2)n1. The average molecular weight is 351 g/mol. The summed E-state index contributed by atoms with van der Waals surface area (Å²) in [5.41, 5.74) is 1.06. The molecule has 3 heterocycles. The summed E-state index contributed by atoms with van der Waals surface area (Å²) in [6, 6.07) is 1.71. The number of likely N-dealkylation sites (tertiary alicyclic amines) is 1. The number of hydrogen-bond acceptors (Lipinski definition) is 5. The maximum atomic E-state index is 12.5. The first kappa shape index (κ1) is 16.7. The lowest BCUT2D eigenvalue weighted by Crippen LogP contribution is -2.40. The molecule has 1 fully saturated rings. The van der Waals surface area contributed by atoms with Gasteiger partial charge in [0.2, 0.25) is 0 Å². The van der Waals surface area contributed by atoms with Crippen LogP contribution < -0.4 is 0 Å². The number of H-pyrrole nitrogens is 1. The van der Waals surface area contributed by atoms with Gasteiger partial charge in [-0.3, -0.25) is 14.6 Å². The Labute approximate surface area is 140 Å². The van der Waals surface area contributed by atoms with Crippen molar-refractivity contribution < 1.29 is 13.2 Å². The van der Waals surface area contributed by atoms with E-state index in [2.05, 4.69) is 15.3 Å². The lowest BCUT2D eigenvalue weighted by atomic mass is 9.93. The molecule has 2 aromatic rings. The molecule has 0 aromatic carbocycles. The fourth-order valence-electron chi connectivity index (χ4n) is 3.16. The van der Waals surface area contributed by atoms with Crippen molar-refractivity contribution in [2.75, 3.05) is 19.3 Å². The maximum Gasteiger partial charge on any atom is 0.274 e. The second-order valence-electron chi connectivity index (χ2n) is 6.32. The lowest BCUT2D eigenvalue weighted by Gasteiger charge is -2.32. The monoisotopic (exact) mass is 351 g/mol. The molecule has 24 heavy (non-hydrogen) atoms. The van der Waals surface area contributed by atoms with Crippen LogP contribution in [-0.4, -0.2) is 58.5 Å². The van der Waals surface area contributed by atoms with Crippen molar-refractivity contribution >= 4 is 15.7 Å². The molecule has 0 saturated carbocycles. The van der Waals surface area contributed by atoms with E-state index in [1.54, 1.807) is 28.9 Å². The van der Waals surface area contributed by atoms with E-state index in [1.807, 2.05) is 0 Å². The smallest absolute Gasteiger partial charge is 0.274 e. The van der Waals surface area contributed by atoms with E-state index in [0.717, 1.165) is 12.8 Å². The Morgan fingerprint density at radius 3 is 2.92 bits per heavy atom. The number of aromatic amines is 1. The number of aryl methyl sites for hydroxylation is 1. The van der Waals surface area contributed by atoms with Crippen LogP contribution in [0.2, 0.25) is 0 Å². The summed E-state index contributed by atoms with van der Waals surface area (Å²) < 4.78 is 25.2. The Morgan fingerprint density at radius 1 is 1.46 bits per heavy atom. The van der Waals surface area contributed by atoms with Crippen LogP contribution >= 0.6 is 0 Å². The number of aromatic nitrogens is 4. The van der Waals surface area contributed by atoms with Crippen LogP contribution in [-0.2, 0) is 23.3 Å². The summed E-state index contributed by atoms with van der Waals surface area (Å²) in [4.78, 5) is 14.6. The summed E-state index contributed by atoms with van der Waals surface area (Å²) in [5, 5.41) is 10.8. The highest BCUT2D eigenvalue weighted by molar-refractivity contribution is 7.90. The van der Waals surface area contributed by atoms with Gasteiger partial charge in [0.25, 0.3) is 5.91 Å². The van der Waals surface area contributed by atoms with E-state index >= 15 is 0 Å². The van der Waals surface area contributed by atoms with Crippen molar-refractivity contribution in [3.63, 3.8) is 0 Å². The van der Waals surface area contributed by atoms with Gasteiger partial charge in [0, 0.05) is 32.6 Å². The number of carbonyl (C=O) groups excluding carboxylic acids is 1. The number of carbonyl (C=O) groups is 1. The van der Waals surface area contributed by atoms with Crippen molar-refractivity contribution in [3.8, 4) is 0 Å². The third-order valence-electron chi connectivity index (χ3n) is 4.31. The molecule has 0 spiro atoms. The summed E-state index contributed by atoms with van der Waals surface area (Å²) >= 11 is 0. The fraction of sp³-hybridized carbons (Fsp3) is 0.533. The van der Waals surface area contributed by atoms with E-state index in [1.165, 1.54) is 12.5 Å². The summed E-state index contributed by atoms with van der Waals surface area (Å²) in [6.07, 6.45) is 6.69. The molecule has 2 aromatic heterocycles. The van der Waals surface area contributed by atoms with E-state index in [0.29, 0.717) is 30.9 Å². The van der Waals surface area contributed by atoms with E-state index in [9.17, 15) is 13.2 Å². The molecule has 1 amide bonds. The summed E-state index contributed by atoms with van der Waals surface area (Å²) in [6.45, 7) is 1.30. The molecular formula is C15H21N5O3S. The van der Waals surface area contributed by atoms with Crippen molar-refractivity contribution in [2.45, 2.75) is 24.2 Å². The third-order valence-corrected chi connectivity index (χ3v) is 5.46. The van der Waals surface area contributed by atoms with E-state index < -0.39 is 9.84 Å². The first-order valence-electron chi connectivity index (χ1n) is 7.86. The van der Waals surface area contributed by atoms with Gasteiger partial charge >= 0.3 is 0 Å². The highest BCUT2D eigenvalue weighted by atomic mass is 32.2. The van der Waals surface area contributed by atoms with Gasteiger partial charge in [-0.2, -0.15) is 10.2 Å². The molecule has 130 valence electrons. The van der Waals surface area contributed by atoms with Crippen LogP contribution in [0.4, 0.5) is 0 Å². The predicted octanol–water partition coefficient (Wildman–Crippen LogP) is 0.642. The topological polar surface area (TPSA) is 101 Å². The Morgan fingerprint density at radius 2 is 2.25 bits per heavy atom. The zero-order valence-electron chi connectivity index (χ0n) is 13.8. The van der Waals surface area contributed by atoms with Gasteiger partial charge in [-0.25, -0.2) is 8.42 Å². The van der Waals surface area contributed by atoms with Gasteiger partial charge in [-0.15, -0.1) is 0 Å². The van der Waals surface area contributed by atoms with Crippen molar-refractivity contribution in [1.29, 1.82) is 0 Å². The van der Waals surface area contributed by atoms with Crippen LogP contribution in [0.15, 0.2) is 23.4 Å². The molecule has 0 aliphatic carbocycles. The van der Waals surface area contributed by atoms with Crippen LogP contribution in [0.25, 0.3) is 0 Å². The Hall–Kier alpha value is -2.16. The Bertz CT molecular complexity index is 839. The fourth-order valence-corrected chi connectivity index (χ4v) is 3.98. The van der Waals surface area contributed by atoms with E-state index in [-0.39, 0.29) is 16.7 Å². The maximum absolute atomic E-state index is 12.5. The van der Waals surface area contributed by atoms with Crippen LogP contribution in [0.5, 0.6) is 0 Å². The van der Waals surface area contributed by atoms with Crippen molar-refractivity contribution in [1.82, 2.24) is 24.9 Å². The number of hydrogen-bond donors (Lipinski definition) is 1. The Kier molecular flexibility index (Phi) is 4.44. The zero-order chi connectivity index (χ0) is 17.3. The number of amides is 1. The molecule has 9 heteroatoms. The highest BCUT2D eigenvalue weighted by Crippen LogP contribution is 2.24. The second-order valence-corrected chi connectivity index (χ2v) is 8.31. The minimum atomic E-state index is -3.30. The number of sulfone groups is 1. The van der Waals surface area contributed by atoms with Crippen molar-refractivity contribution in [3.05, 3.63) is 29.8 Å². The highest BCUT2D eigenvalue weighted by Gasteiger charge is 2.27. The molecule has 1 aliphatic heterocycles. The zero-order valence-corrected chi connectivity index (χ0v) is 14.6. The number of rotatable bonds is 4. The van der Waals surface area contributed by atoms with Gasteiger partial charge in [-0.05, 0) is 31.2 Å². The van der Waals surface area contributed by atoms with Gasteiger partial charge < -0.3 is 4.90 Å². The summed E-state index contributed by atoms with van der Waals surface area (Å²) in [5.74, 6) is 0.126. The average Bonchev–Trinajstić information content (AvgIpc) is 3.15. The van der Waals surface area contributed by atoms with Crippen LogP contribution in [0.3, 0.4) is 0 Å². The molecule has 0 bridgehead atoms. The molecule has 1 aliphatic rings. The first-order chi connectivity index (χ1) is 11.3. The lowest BCUT2D eigenvalue weighted by molar-refractivity contribution is 0.0665. The minimum Gasteiger partial charge on any atom is -0.337 e. The van der Waals surface area contributed by atoms with E-state index in [4.69, 9.17) is 0 Å². The number of nitrogens with zero attached hydrogens (tertiary/aromatic N) is 4. The molecule has 1 N–H and O–H groups in total. The largest absolute Gasteiger partial charge is 0.337 e.